The predicted molar refractivity (Wildman–Crippen MR) is 84.1 cm³/mol. The van der Waals surface area contributed by atoms with Crippen LogP contribution >= 0.6 is 0 Å². The van der Waals surface area contributed by atoms with Crippen LogP contribution in [0.4, 0.5) is 5.69 Å². The Balaban J connectivity index is 1.98. The molecule has 1 heterocycles. The van der Waals surface area contributed by atoms with Gasteiger partial charge in [0.25, 0.3) is 0 Å². The Morgan fingerprint density at radius 1 is 1.30 bits per heavy atom. The van der Waals surface area contributed by atoms with E-state index in [1.165, 1.54) is 18.4 Å². The molecule has 0 bridgehead atoms. The molecular formula is C17H26N2O. The number of nitrogens with zero attached hydrogens (tertiary/aromatic N) is 1. The van der Waals surface area contributed by atoms with E-state index in [9.17, 15) is 4.79 Å². The molecule has 0 aliphatic carbocycles. The fraction of sp³-hybridized carbons (Fsp3) is 0.588. The highest BCUT2D eigenvalue weighted by Gasteiger charge is 2.19. The number of hydrogen-bond acceptors (Lipinski definition) is 2. The number of hydrogen-bond donors (Lipinski definition) is 1. The Labute approximate surface area is 122 Å². The van der Waals surface area contributed by atoms with E-state index in [4.69, 9.17) is 0 Å². The third-order valence-corrected chi connectivity index (χ3v) is 4.05. The highest BCUT2D eigenvalue weighted by atomic mass is 16.2. The zero-order chi connectivity index (χ0) is 14.7. The zero-order valence-corrected chi connectivity index (χ0v) is 13.1. The van der Waals surface area contributed by atoms with Gasteiger partial charge in [0, 0.05) is 12.2 Å². The molecule has 1 saturated heterocycles. The highest BCUT2D eigenvalue weighted by molar-refractivity contribution is 5.93. The van der Waals surface area contributed by atoms with E-state index in [-0.39, 0.29) is 5.91 Å². The molecular weight excluding hydrogens is 248 g/mol. The van der Waals surface area contributed by atoms with Gasteiger partial charge in [-0.2, -0.15) is 0 Å². The molecule has 1 N–H and O–H groups in total. The summed E-state index contributed by atoms with van der Waals surface area (Å²) in [6, 6.07) is 4.23. The Morgan fingerprint density at radius 2 is 1.95 bits per heavy atom. The van der Waals surface area contributed by atoms with E-state index in [1.54, 1.807) is 0 Å². The molecule has 1 aromatic rings. The van der Waals surface area contributed by atoms with Gasteiger partial charge in [-0.25, -0.2) is 0 Å². The van der Waals surface area contributed by atoms with Crippen molar-refractivity contribution in [1.29, 1.82) is 0 Å². The average molecular weight is 274 g/mol. The lowest BCUT2D eigenvalue weighted by Crippen LogP contribution is -2.39. The summed E-state index contributed by atoms with van der Waals surface area (Å²) in [6.45, 7) is 11.1. The maximum absolute atomic E-state index is 12.2. The van der Waals surface area contributed by atoms with Gasteiger partial charge in [-0.3, -0.25) is 9.69 Å². The van der Waals surface area contributed by atoms with Crippen LogP contribution in [-0.2, 0) is 4.79 Å². The van der Waals surface area contributed by atoms with Crippen molar-refractivity contribution in [1.82, 2.24) is 4.90 Å². The number of carbonyl (C=O) groups is 1. The minimum Gasteiger partial charge on any atom is -0.324 e. The average Bonchev–Trinajstić information content (AvgIpc) is 2.33. The van der Waals surface area contributed by atoms with Crippen molar-refractivity contribution in [3.05, 3.63) is 28.8 Å². The summed E-state index contributed by atoms with van der Waals surface area (Å²) in [6.07, 6.45) is 2.49. The maximum Gasteiger partial charge on any atom is 0.238 e. The quantitative estimate of drug-likeness (QED) is 0.917. The van der Waals surface area contributed by atoms with Gasteiger partial charge in [-0.15, -0.1) is 0 Å². The summed E-state index contributed by atoms with van der Waals surface area (Å²) in [5.41, 5.74) is 4.50. The molecule has 3 nitrogen and oxygen atoms in total. The molecule has 1 aliphatic rings. The Bertz CT molecular complexity index is 473. The molecule has 0 saturated carbocycles. The van der Waals surface area contributed by atoms with E-state index in [2.05, 4.69) is 50.0 Å². The van der Waals surface area contributed by atoms with Crippen molar-refractivity contribution in [2.45, 2.75) is 40.5 Å². The lowest BCUT2D eigenvalue weighted by Gasteiger charge is -2.30. The topological polar surface area (TPSA) is 32.3 Å². The van der Waals surface area contributed by atoms with Gasteiger partial charge in [-0.1, -0.05) is 24.6 Å². The van der Waals surface area contributed by atoms with Crippen LogP contribution in [0.25, 0.3) is 0 Å². The minimum absolute atomic E-state index is 0.106. The number of rotatable bonds is 3. The Morgan fingerprint density at radius 3 is 2.55 bits per heavy atom. The SMILES string of the molecule is Cc1cc(C)c(NC(=O)CN2CCCC(C)C2)c(C)c1. The molecule has 110 valence electrons. The van der Waals surface area contributed by atoms with Crippen LogP contribution in [0.3, 0.4) is 0 Å². The van der Waals surface area contributed by atoms with E-state index < -0.39 is 0 Å². The van der Waals surface area contributed by atoms with E-state index in [0.29, 0.717) is 12.5 Å². The molecule has 2 rings (SSSR count). The number of anilines is 1. The second kappa shape index (κ2) is 6.40. The zero-order valence-electron chi connectivity index (χ0n) is 13.1. The van der Waals surface area contributed by atoms with Gasteiger partial charge in [-0.05, 0) is 57.2 Å². The van der Waals surface area contributed by atoms with Crippen molar-refractivity contribution in [3.8, 4) is 0 Å². The van der Waals surface area contributed by atoms with E-state index in [1.807, 2.05) is 0 Å². The molecule has 1 aromatic carbocycles. The Hall–Kier alpha value is -1.35. The first-order chi connectivity index (χ1) is 9.45. The summed E-state index contributed by atoms with van der Waals surface area (Å²) < 4.78 is 0. The molecule has 1 amide bonds. The van der Waals surface area contributed by atoms with Crippen LogP contribution in [0, 0.1) is 26.7 Å². The summed E-state index contributed by atoms with van der Waals surface area (Å²) in [5, 5.41) is 3.09. The normalized spacial score (nSPS) is 19.9. The lowest BCUT2D eigenvalue weighted by molar-refractivity contribution is -0.117. The predicted octanol–water partition coefficient (Wildman–Crippen LogP) is 3.28. The van der Waals surface area contributed by atoms with Crippen LogP contribution in [0.1, 0.15) is 36.5 Å². The highest BCUT2D eigenvalue weighted by Crippen LogP contribution is 2.22. The number of piperidine rings is 1. The van der Waals surface area contributed by atoms with Crippen LogP contribution in [-0.4, -0.2) is 30.4 Å². The van der Waals surface area contributed by atoms with E-state index in [0.717, 1.165) is 29.9 Å². The van der Waals surface area contributed by atoms with Gasteiger partial charge in [0.15, 0.2) is 0 Å². The van der Waals surface area contributed by atoms with Crippen LogP contribution < -0.4 is 5.32 Å². The van der Waals surface area contributed by atoms with Crippen LogP contribution in [0.15, 0.2) is 12.1 Å². The fourth-order valence-electron chi connectivity index (χ4n) is 3.19. The summed E-state index contributed by atoms with van der Waals surface area (Å²) in [4.78, 5) is 14.5. The molecule has 20 heavy (non-hydrogen) atoms. The number of benzene rings is 1. The number of nitrogens with one attached hydrogen (secondary N) is 1. The molecule has 0 aromatic heterocycles. The lowest BCUT2D eigenvalue weighted by atomic mass is 10.0. The largest absolute Gasteiger partial charge is 0.324 e. The summed E-state index contributed by atoms with van der Waals surface area (Å²) in [5.74, 6) is 0.813. The van der Waals surface area contributed by atoms with Gasteiger partial charge < -0.3 is 5.32 Å². The first-order valence-corrected chi connectivity index (χ1v) is 7.55. The van der Waals surface area contributed by atoms with Crippen LogP contribution in [0.2, 0.25) is 0 Å². The van der Waals surface area contributed by atoms with Gasteiger partial charge in [0.2, 0.25) is 5.91 Å². The minimum atomic E-state index is 0.106. The van der Waals surface area contributed by atoms with Gasteiger partial charge in [0.05, 0.1) is 6.54 Å². The van der Waals surface area contributed by atoms with Crippen molar-refractivity contribution in [2.24, 2.45) is 5.92 Å². The second-order valence-corrected chi connectivity index (χ2v) is 6.30. The molecule has 1 fully saturated rings. The first-order valence-electron chi connectivity index (χ1n) is 7.55. The smallest absolute Gasteiger partial charge is 0.238 e. The van der Waals surface area contributed by atoms with Crippen molar-refractivity contribution in [3.63, 3.8) is 0 Å². The monoisotopic (exact) mass is 274 g/mol. The third kappa shape index (κ3) is 3.83. The van der Waals surface area contributed by atoms with Gasteiger partial charge >= 0.3 is 0 Å². The molecule has 0 spiro atoms. The molecule has 1 aliphatic heterocycles. The number of carbonyl (C=O) groups excluding carboxylic acids is 1. The molecule has 1 atom stereocenters. The second-order valence-electron chi connectivity index (χ2n) is 6.30. The van der Waals surface area contributed by atoms with Crippen LogP contribution in [0.5, 0.6) is 0 Å². The number of aryl methyl sites for hydroxylation is 3. The molecule has 1 unspecified atom stereocenters. The third-order valence-electron chi connectivity index (χ3n) is 4.05. The summed E-state index contributed by atoms with van der Waals surface area (Å²) in [7, 11) is 0. The molecule has 0 radical (unpaired) electrons. The van der Waals surface area contributed by atoms with Gasteiger partial charge in [0.1, 0.15) is 0 Å². The number of likely N-dealkylation sites (tertiary alicyclic amines) is 1. The Kier molecular flexibility index (Phi) is 4.81. The van der Waals surface area contributed by atoms with E-state index >= 15 is 0 Å². The van der Waals surface area contributed by atoms with Crippen molar-refractivity contribution < 1.29 is 4.79 Å². The molecule has 3 heteroatoms. The first kappa shape index (κ1) is 15.0. The summed E-state index contributed by atoms with van der Waals surface area (Å²) >= 11 is 0. The standard InChI is InChI=1S/C17H26N2O/c1-12-6-5-7-19(10-12)11-16(20)18-17-14(3)8-13(2)9-15(17)4/h8-9,12H,5-7,10-11H2,1-4H3,(H,18,20). The van der Waals surface area contributed by atoms with Crippen molar-refractivity contribution >= 4 is 11.6 Å². The maximum atomic E-state index is 12.2. The van der Waals surface area contributed by atoms with Crippen molar-refractivity contribution in [2.75, 3.05) is 25.0 Å². The fourth-order valence-corrected chi connectivity index (χ4v) is 3.19. The number of amides is 1.